The van der Waals surface area contributed by atoms with E-state index in [0.717, 1.165) is 0 Å². The molecular weight excluding hydrogens is 246 g/mol. The number of hydrogen-bond acceptors (Lipinski definition) is 3. The zero-order chi connectivity index (χ0) is 15.2. The molecule has 1 aliphatic carbocycles. The van der Waals surface area contributed by atoms with Crippen LogP contribution in [0.25, 0.3) is 0 Å². The molecule has 0 radical (unpaired) electrons. The number of hydrogen-bond donors (Lipinski definition) is 2. The van der Waals surface area contributed by atoms with E-state index in [1.165, 1.54) is 0 Å². The van der Waals surface area contributed by atoms with Crippen LogP contribution in [0.5, 0.6) is 0 Å². The average molecular weight is 268 g/mol. The summed E-state index contributed by atoms with van der Waals surface area (Å²) in [5.41, 5.74) is -0.620. The van der Waals surface area contributed by atoms with E-state index in [9.17, 15) is 9.59 Å². The lowest BCUT2D eigenvalue weighted by atomic mass is 9.78. The minimum Gasteiger partial charge on any atom is -0.495 e. The monoisotopic (exact) mass is 268 g/mol. The fourth-order valence-corrected chi connectivity index (χ4v) is 2.13. The largest absolute Gasteiger partial charge is 0.495 e. The Morgan fingerprint density at radius 1 is 1.68 bits per heavy atom. The molecule has 0 saturated heterocycles. The fraction of sp³-hybridized carbons (Fsp3) is 0.571. The summed E-state index contributed by atoms with van der Waals surface area (Å²) in [7, 11) is 0. The number of carboxylic acids is 1. The maximum absolute atomic E-state index is 12.1. The average Bonchev–Trinajstić information content (AvgIpc) is 2.34. The van der Waals surface area contributed by atoms with E-state index in [-0.39, 0.29) is 24.8 Å². The zero-order valence-corrected chi connectivity index (χ0v) is 11.1. The summed E-state index contributed by atoms with van der Waals surface area (Å²) in [6.45, 7) is 4.85. The summed E-state index contributed by atoms with van der Waals surface area (Å²) in [6.07, 6.45) is 5.98. The first-order valence-corrected chi connectivity index (χ1v) is 6.32. The second kappa shape index (κ2) is 6.97. The van der Waals surface area contributed by atoms with Crippen LogP contribution in [0.3, 0.4) is 0 Å². The molecule has 0 aromatic rings. The molecule has 0 unspecified atom stereocenters. The van der Waals surface area contributed by atoms with Gasteiger partial charge >= 0.3 is 5.97 Å². The predicted octanol–water partition coefficient (Wildman–Crippen LogP) is 1.85. The van der Waals surface area contributed by atoms with E-state index in [0.29, 0.717) is 25.7 Å². The zero-order valence-electron chi connectivity index (χ0n) is 12.1. The van der Waals surface area contributed by atoms with E-state index in [1.807, 2.05) is 19.1 Å². The summed E-state index contributed by atoms with van der Waals surface area (Å²) in [4.78, 5) is 22.6. The van der Waals surface area contributed by atoms with Crippen molar-refractivity contribution in [2.45, 2.75) is 38.7 Å². The molecule has 1 rings (SSSR count). The van der Waals surface area contributed by atoms with Gasteiger partial charge in [-0.3, -0.25) is 9.59 Å². The van der Waals surface area contributed by atoms with Gasteiger partial charge in [-0.2, -0.15) is 0 Å². The lowest BCUT2D eigenvalue weighted by Crippen LogP contribution is -2.42. The van der Waals surface area contributed by atoms with Crippen molar-refractivity contribution < 1.29 is 20.8 Å². The van der Waals surface area contributed by atoms with Gasteiger partial charge in [0.25, 0.3) is 0 Å². The third kappa shape index (κ3) is 4.77. The Kier molecular flexibility index (Phi) is 5.01. The molecule has 0 bridgehead atoms. The van der Waals surface area contributed by atoms with Gasteiger partial charge in [0, 0.05) is 5.41 Å². The molecule has 5 nitrogen and oxygen atoms in total. The van der Waals surface area contributed by atoms with Crippen molar-refractivity contribution >= 4 is 11.9 Å². The van der Waals surface area contributed by atoms with Crippen LogP contribution in [-0.4, -0.2) is 29.6 Å². The highest BCUT2D eigenvalue weighted by atomic mass is 16.5. The first-order valence-electron chi connectivity index (χ1n) is 6.82. The number of ether oxygens (including phenoxy) is 1. The van der Waals surface area contributed by atoms with Crippen molar-refractivity contribution in [2.24, 2.45) is 5.41 Å². The van der Waals surface area contributed by atoms with Crippen LogP contribution in [0.2, 0.25) is 0 Å². The molecule has 2 N–H and O–H groups in total. The van der Waals surface area contributed by atoms with Crippen molar-refractivity contribution in [3.05, 3.63) is 25.0 Å². The van der Waals surface area contributed by atoms with Crippen LogP contribution in [0, 0.1) is 5.41 Å². The van der Waals surface area contributed by atoms with Gasteiger partial charge in [-0.25, -0.2) is 0 Å². The molecule has 19 heavy (non-hydrogen) atoms. The van der Waals surface area contributed by atoms with Gasteiger partial charge in [-0.05, 0) is 31.8 Å². The number of carboxylic acid groups (broad SMARTS) is 1. The molecule has 1 aliphatic rings. The van der Waals surface area contributed by atoms with Gasteiger partial charge in [0.1, 0.15) is 14.0 Å². The van der Waals surface area contributed by atoms with Crippen molar-refractivity contribution in [2.75, 3.05) is 6.54 Å². The normalized spacial score (nSPS) is 29.3. The Balaban J connectivity index is 2.66. The maximum atomic E-state index is 12.1. The van der Waals surface area contributed by atoms with Crippen LogP contribution in [0.15, 0.2) is 25.0 Å². The van der Waals surface area contributed by atoms with Gasteiger partial charge < -0.3 is 15.2 Å². The highest BCUT2D eigenvalue weighted by Crippen LogP contribution is 2.32. The Bertz CT molecular complexity index is 421. The summed E-state index contributed by atoms with van der Waals surface area (Å²) in [5.74, 6) is -1.31. The molecule has 0 saturated carbocycles. The molecule has 5 heteroatoms. The molecule has 2 atom stereocenters. The standard InChI is InChI=1S/C14H21NO4/c1-3-19-11-6-4-5-8-14(2,9-7-11)13(18)15-10-12(16)17/h3-4,6,11H,1,5,7-10H2,2H3,(H,15,18)(H,16,17)/b6-4+/t11-,14+/m1/s1/i3D. The van der Waals surface area contributed by atoms with Gasteiger partial charge in [0.15, 0.2) is 0 Å². The number of nitrogens with one attached hydrogen (secondary N) is 1. The summed E-state index contributed by atoms with van der Waals surface area (Å²) >= 11 is 0. The van der Waals surface area contributed by atoms with E-state index in [1.54, 1.807) is 0 Å². The lowest BCUT2D eigenvalue weighted by Gasteiger charge is -2.30. The van der Waals surface area contributed by atoms with Crippen molar-refractivity contribution in [1.82, 2.24) is 5.32 Å². The van der Waals surface area contributed by atoms with Gasteiger partial charge in [-0.15, -0.1) is 0 Å². The SMILES string of the molecule is [2H]C(=C)O[C@@H]1/C=C/CC[C@](C)(C(=O)NCC(=O)O)CC1. The topological polar surface area (TPSA) is 75.6 Å². The van der Waals surface area contributed by atoms with Crippen LogP contribution in [0.4, 0.5) is 0 Å². The lowest BCUT2D eigenvalue weighted by molar-refractivity contribution is -0.140. The summed E-state index contributed by atoms with van der Waals surface area (Å²) < 4.78 is 12.5. The Morgan fingerprint density at radius 2 is 2.42 bits per heavy atom. The van der Waals surface area contributed by atoms with Crippen molar-refractivity contribution in [1.29, 1.82) is 0 Å². The van der Waals surface area contributed by atoms with Gasteiger partial charge in [-0.1, -0.05) is 19.6 Å². The predicted molar refractivity (Wildman–Crippen MR) is 71.4 cm³/mol. The first kappa shape index (κ1) is 13.6. The maximum Gasteiger partial charge on any atom is 0.322 e. The Morgan fingerprint density at radius 3 is 3.05 bits per heavy atom. The van der Waals surface area contributed by atoms with Crippen LogP contribution < -0.4 is 5.32 Å². The van der Waals surface area contributed by atoms with Crippen LogP contribution in [0.1, 0.15) is 34.0 Å². The van der Waals surface area contributed by atoms with E-state index >= 15 is 0 Å². The third-order valence-electron chi connectivity index (χ3n) is 3.38. The van der Waals surface area contributed by atoms with Gasteiger partial charge in [0.05, 0.1) is 6.24 Å². The highest BCUT2D eigenvalue weighted by molar-refractivity contribution is 5.85. The smallest absolute Gasteiger partial charge is 0.322 e. The molecule has 0 aromatic heterocycles. The van der Waals surface area contributed by atoms with Crippen LogP contribution in [-0.2, 0) is 14.3 Å². The Hall–Kier alpha value is -1.78. The second-order valence-corrected chi connectivity index (χ2v) is 4.94. The number of aliphatic carboxylic acids is 1. The van der Waals surface area contributed by atoms with Gasteiger partial charge in [0.2, 0.25) is 5.91 Å². The fourth-order valence-electron chi connectivity index (χ4n) is 2.13. The highest BCUT2D eigenvalue weighted by Gasteiger charge is 2.33. The number of amides is 1. The molecule has 0 spiro atoms. The number of rotatable bonds is 5. The number of allylic oxidation sites excluding steroid dienone is 1. The Labute approximate surface area is 114 Å². The molecule has 0 aliphatic heterocycles. The molecule has 1 amide bonds. The first-order chi connectivity index (χ1) is 9.33. The van der Waals surface area contributed by atoms with E-state index in [4.69, 9.17) is 11.2 Å². The van der Waals surface area contributed by atoms with Crippen molar-refractivity contribution in [3.63, 3.8) is 0 Å². The van der Waals surface area contributed by atoms with E-state index < -0.39 is 11.4 Å². The number of carbonyl (C=O) groups excluding carboxylic acids is 1. The number of carbonyl (C=O) groups is 2. The summed E-state index contributed by atoms with van der Waals surface area (Å²) in [6, 6.07) is 0. The molecule has 0 aromatic carbocycles. The summed E-state index contributed by atoms with van der Waals surface area (Å²) in [5, 5.41) is 11.0. The van der Waals surface area contributed by atoms with Crippen molar-refractivity contribution in [3.8, 4) is 0 Å². The van der Waals surface area contributed by atoms with E-state index in [2.05, 4.69) is 11.9 Å². The molecular formula is C14H21NO4. The minimum absolute atomic E-state index is 0.0998. The molecule has 0 heterocycles. The van der Waals surface area contributed by atoms with Crippen LogP contribution >= 0.6 is 0 Å². The minimum atomic E-state index is -1.06. The second-order valence-electron chi connectivity index (χ2n) is 4.94. The molecule has 106 valence electrons. The third-order valence-corrected chi connectivity index (χ3v) is 3.38. The quantitative estimate of drug-likeness (QED) is 0.589. The molecule has 0 fully saturated rings.